The first-order valence-electron chi connectivity index (χ1n) is 6.44. The van der Waals surface area contributed by atoms with E-state index in [9.17, 15) is 0 Å². The van der Waals surface area contributed by atoms with Gasteiger partial charge in [-0.25, -0.2) is 4.98 Å². The summed E-state index contributed by atoms with van der Waals surface area (Å²) in [6.45, 7) is 3.25. The summed E-state index contributed by atoms with van der Waals surface area (Å²) in [7, 11) is 1.82. The van der Waals surface area contributed by atoms with Gasteiger partial charge < -0.3 is 10.2 Å². The maximum absolute atomic E-state index is 6.29. The van der Waals surface area contributed by atoms with Crippen molar-refractivity contribution in [2.45, 2.75) is 38.6 Å². The Morgan fingerprint density at radius 3 is 2.78 bits per heavy atom. The molecule has 1 N–H and O–H groups in total. The minimum Gasteiger partial charge on any atom is -0.372 e. The van der Waals surface area contributed by atoms with Crippen LogP contribution in [-0.4, -0.2) is 24.6 Å². The molecule has 1 saturated heterocycles. The van der Waals surface area contributed by atoms with Gasteiger partial charge in [0, 0.05) is 19.6 Å². The highest BCUT2D eigenvalue weighted by Gasteiger charge is 2.21. The number of hydrogen-bond donors (Lipinski definition) is 1. The highest BCUT2D eigenvalue weighted by Crippen LogP contribution is 2.33. The number of aromatic nitrogens is 1. The fraction of sp³-hybridized carbons (Fsp3) is 0.615. The summed E-state index contributed by atoms with van der Waals surface area (Å²) in [5.41, 5.74) is 0. The average molecular weight is 288 g/mol. The van der Waals surface area contributed by atoms with Crippen LogP contribution in [-0.2, 0) is 0 Å². The Bertz CT molecular complexity index is 423. The highest BCUT2D eigenvalue weighted by atomic mass is 35.5. The molecule has 1 aliphatic rings. The van der Waals surface area contributed by atoms with E-state index >= 15 is 0 Å². The number of anilines is 2. The monoisotopic (exact) mass is 287 g/mol. The van der Waals surface area contributed by atoms with Crippen LogP contribution in [0.15, 0.2) is 6.07 Å². The molecule has 18 heavy (non-hydrogen) atoms. The lowest BCUT2D eigenvalue weighted by molar-refractivity contribution is 0.611. The van der Waals surface area contributed by atoms with E-state index in [1.54, 1.807) is 6.07 Å². The molecule has 2 rings (SSSR count). The van der Waals surface area contributed by atoms with Crippen molar-refractivity contribution in [1.82, 2.24) is 4.98 Å². The van der Waals surface area contributed by atoms with Crippen LogP contribution < -0.4 is 10.2 Å². The summed E-state index contributed by atoms with van der Waals surface area (Å²) < 4.78 is 0. The molecule has 1 aromatic rings. The molecular formula is C13H19Cl2N3. The Kier molecular flexibility index (Phi) is 4.57. The molecule has 0 spiro atoms. The second-order valence-electron chi connectivity index (χ2n) is 4.77. The maximum atomic E-state index is 6.29. The van der Waals surface area contributed by atoms with E-state index in [1.165, 1.54) is 25.7 Å². The molecule has 5 heteroatoms. The quantitative estimate of drug-likeness (QED) is 0.884. The Morgan fingerprint density at radius 2 is 2.06 bits per heavy atom. The van der Waals surface area contributed by atoms with Gasteiger partial charge in [0.2, 0.25) is 0 Å². The molecular weight excluding hydrogens is 269 g/mol. The molecule has 1 fully saturated rings. The van der Waals surface area contributed by atoms with Gasteiger partial charge in [-0.2, -0.15) is 0 Å². The maximum Gasteiger partial charge on any atom is 0.150 e. The summed E-state index contributed by atoms with van der Waals surface area (Å²) in [5, 5.41) is 4.20. The molecule has 0 amide bonds. The predicted octanol–water partition coefficient (Wildman–Crippen LogP) is 4.20. The van der Waals surface area contributed by atoms with Crippen molar-refractivity contribution in [2.75, 3.05) is 23.8 Å². The van der Waals surface area contributed by atoms with Gasteiger partial charge in [0.25, 0.3) is 0 Å². The standard InChI is InChI=1S/C13H19Cl2N3/c1-9-6-4-3-5-7-18(9)13-11(15)8-10(14)12(16-2)17-13/h8-9H,3-7H2,1-2H3,(H,16,17). The lowest BCUT2D eigenvalue weighted by atomic mass is 10.1. The van der Waals surface area contributed by atoms with E-state index in [1.807, 2.05) is 7.05 Å². The Labute approximate surface area is 118 Å². The number of rotatable bonds is 2. The Balaban J connectivity index is 2.36. The predicted molar refractivity (Wildman–Crippen MR) is 79.1 cm³/mol. The zero-order valence-electron chi connectivity index (χ0n) is 10.8. The fourth-order valence-corrected chi connectivity index (χ4v) is 2.98. The first kappa shape index (κ1) is 13.8. The van der Waals surface area contributed by atoms with Crippen LogP contribution in [0.3, 0.4) is 0 Å². The van der Waals surface area contributed by atoms with Crippen LogP contribution in [0.1, 0.15) is 32.6 Å². The molecule has 1 unspecified atom stereocenters. The zero-order valence-corrected chi connectivity index (χ0v) is 12.4. The second kappa shape index (κ2) is 5.98. The molecule has 1 aromatic heterocycles. The third-order valence-corrected chi connectivity index (χ3v) is 4.04. The third-order valence-electron chi connectivity index (χ3n) is 3.47. The van der Waals surface area contributed by atoms with Crippen molar-refractivity contribution in [3.63, 3.8) is 0 Å². The number of pyridine rings is 1. The van der Waals surface area contributed by atoms with Crippen molar-refractivity contribution >= 4 is 34.8 Å². The molecule has 1 aliphatic heterocycles. The molecule has 100 valence electrons. The first-order chi connectivity index (χ1) is 8.63. The van der Waals surface area contributed by atoms with Crippen LogP contribution in [0.2, 0.25) is 10.0 Å². The van der Waals surface area contributed by atoms with Crippen LogP contribution >= 0.6 is 23.2 Å². The van der Waals surface area contributed by atoms with E-state index < -0.39 is 0 Å². The van der Waals surface area contributed by atoms with E-state index in [4.69, 9.17) is 23.2 Å². The molecule has 0 aromatic carbocycles. The van der Waals surface area contributed by atoms with E-state index in [0.717, 1.165) is 12.4 Å². The van der Waals surface area contributed by atoms with E-state index in [0.29, 0.717) is 21.9 Å². The summed E-state index contributed by atoms with van der Waals surface area (Å²) in [6, 6.07) is 2.25. The van der Waals surface area contributed by atoms with Gasteiger partial charge in [0.05, 0.1) is 10.0 Å². The van der Waals surface area contributed by atoms with Crippen LogP contribution in [0.25, 0.3) is 0 Å². The molecule has 0 aliphatic carbocycles. The number of nitrogens with one attached hydrogen (secondary N) is 1. The van der Waals surface area contributed by atoms with Crippen molar-refractivity contribution < 1.29 is 0 Å². The minimum atomic E-state index is 0.475. The number of hydrogen-bond acceptors (Lipinski definition) is 3. The van der Waals surface area contributed by atoms with E-state index in [2.05, 4.69) is 22.1 Å². The molecule has 0 saturated carbocycles. The van der Waals surface area contributed by atoms with E-state index in [-0.39, 0.29) is 0 Å². The van der Waals surface area contributed by atoms with Gasteiger partial charge in [0.15, 0.2) is 0 Å². The third kappa shape index (κ3) is 2.83. The van der Waals surface area contributed by atoms with Crippen LogP contribution in [0, 0.1) is 0 Å². The SMILES string of the molecule is CNc1nc(N2CCCCCC2C)c(Cl)cc1Cl. The van der Waals surface area contributed by atoms with Crippen molar-refractivity contribution in [1.29, 1.82) is 0 Å². The first-order valence-corrected chi connectivity index (χ1v) is 7.19. The summed E-state index contributed by atoms with van der Waals surface area (Å²) >= 11 is 12.4. The van der Waals surface area contributed by atoms with Gasteiger partial charge >= 0.3 is 0 Å². The number of nitrogens with zero attached hydrogens (tertiary/aromatic N) is 2. The number of halogens is 2. The van der Waals surface area contributed by atoms with Crippen molar-refractivity contribution in [3.05, 3.63) is 16.1 Å². The molecule has 2 heterocycles. The largest absolute Gasteiger partial charge is 0.372 e. The Morgan fingerprint density at radius 1 is 1.28 bits per heavy atom. The van der Waals surface area contributed by atoms with Crippen LogP contribution in [0.4, 0.5) is 11.6 Å². The van der Waals surface area contributed by atoms with Gasteiger partial charge in [-0.15, -0.1) is 0 Å². The lowest BCUT2D eigenvalue weighted by Crippen LogP contribution is -2.33. The van der Waals surface area contributed by atoms with Gasteiger partial charge in [-0.05, 0) is 25.8 Å². The van der Waals surface area contributed by atoms with Crippen LogP contribution in [0.5, 0.6) is 0 Å². The normalized spacial score (nSPS) is 20.7. The van der Waals surface area contributed by atoms with Gasteiger partial charge in [-0.3, -0.25) is 0 Å². The average Bonchev–Trinajstić information content (AvgIpc) is 2.55. The lowest BCUT2D eigenvalue weighted by Gasteiger charge is -2.29. The van der Waals surface area contributed by atoms with Gasteiger partial charge in [-0.1, -0.05) is 36.0 Å². The molecule has 3 nitrogen and oxygen atoms in total. The summed E-state index contributed by atoms with van der Waals surface area (Å²) in [5.74, 6) is 1.53. The summed E-state index contributed by atoms with van der Waals surface area (Å²) in [6.07, 6.45) is 4.95. The van der Waals surface area contributed by atoms with Crippen molar-refractivity contribution in [3.8, 4) is 0 Å². The van der Waals surface area contributed by atoms with Crippen molar-refractivity contribution in [2.24, 2.45) is 0 Å². The zero-order chi connectivity index (χ0) is 13.1. The highest BCUT2D eigenvalue weighted by molar-refractivity contribution is 6.37. The fourth-order valence-electron chi connectivity index (χ4n) is 2.42. The Hall–Kier alpha value is -0.670. The topological polar surface area (TPSA) is 28.2 Å². The smallest absolute Gasteiger partial charge is 0.150 e. The minimum absolute atomic E-state index is 0.475. The molecule has 1 atom stereocenters. The summed E-state index contributed by atoms with van der Waals surface area (Å²) in [4.78, 5) is 6.86. The molecule has 0 radical (unpaired) electrons. The van der Waals surface area contributed by atoms with Gasteiger partial charge in [0.1, 0.15) is 11.6 Å². The second-order valence-corrected chi connectivity index (χ2v) is 5.58. The molecule has 0 bridgehead atoms.